The maximum Gasteiger partial charge on any atom is 0.306 e. The molecule has 20 heavy (non-hydrogen) atoms. The summed E-state index contributed by atoms with van der Waals surface area (Å²) in [5.74, 6) is -0.135. The maximum atomic E-state index is 11.7. The monoisotopic (exact) mass is 273 g/mol. The van der Waals surface area contributed by atoms with E-state index in [-0.39, 0.29) is 5.97 Å². The first-order chi connectivity index (χ1) is 9.62. The highest BCUT2D eigenvalue weighted by molar-refractivity contribution is 5.70. The van der Waals surface area contributed by atoms with E-state index in [1.807, 2.05) is 19.1 Å². The van der Waals surface area contributed by atoms with Crippen LogP contribution in [0.4, 0.5) is 0 Å². The van der Waals surface area contributed by atoms with Gasteiger partial charge in [-0.2, -0.15) is 5.26 Å². The van der Waals surface area contributed by atoms with Gasteiger partial charge in [-0.25, -0.2) is 0 Å². The minimum atomic E-state index is -0.135. The summed E-state index contributed by atoms with van der Waals surface area (Å²) in [5.41, 5.74) is 4.11. The number of hydrogen-bond acceptors (Lipinski definition) is 3. The number of carbonyl (C=O) groups excluding carboxylic acids is 1. The highest BCUT2D eigenvalue weighted by atomic mass is 16.5. The zero-order valence-corrected chi connectivity index (χ0v) is 12.7. The van der Waals surface area contributed by atoms with Crippen LogP contribution in [0, 0.1) is 18.3 Å². The summed E-state index contributed by atoms with van der Waals surface area (Å²) in [6.07, 6.45) is 3.91. The van der Waals surface area contributed by atoms with Crippen molar-refractivity contribution in [1.82, 2.24) is 0 Å². The molecule has 1 rings (SSSR count). The minimum absolute atomic E-state index is 0.135. The van der Waals surface area contributed by atoms with Gasteiger partial charge in [-0.05, 0) is 55.0 Å². The fourth-order valence-electron chi connectivity index (χ4n) is 2.26. The van der Waals surface area contributed by atoms with Gasteiger partial charge in [0.25, 0.3) is 0 Å². The molecule has 1 aromatic carbocycles. The lowest BCUT2D eigenvalue weighted by Crippen LogP contribution is -2.08. The molecule has 0 fully saturated rings. The quantitative estimate of drug-likeness (QED) is 0.562. The van der Waals surface area contributed by atoms with Crippen molar-refractivity contribution in [3.63, 3.8) is 0 Å². The van der Waals surface area contributed by atoms with Crippen molar-refractivity contribution in [2.24, 2.45) is 0 Å². The second-order valence-corrected chi connectivity index (χ2v) is 4.97. The number of carbonyl (C=O) groups is 1. The zero-order valence-electron chi connectivity index (χ0n) is 12.7. The van der Waals surface area contributed by atoms with Crippen LogP contribution in [0.15, 0.2) is 12.1 Å². The van der Waals surface area contributed by atoms with E-state index >= 15 is 0 Å². The molecule has 0 aliphatic rings. The number of unbranched alkanes of at least 4 members (excludes halogenated alkanes) is 1. The van der Waals surface area contributed by atoms with Crippen LogP contribution in [-0.2, 0) is 22.4 Å². The summed E-state index contributed by atoms with van der Waals surface area (Å²) in [5, 5.41) is 8.99. The Bertz CT molecular complexity index is 500. The van der Waals surface area contributed by atoms with Crippen LogP contribution < -0.4 is 0 Å². The smallest absolute Gasteiger partial charge is 0.306 e. The Morgan fingerprint density at radius 1 is 1.35 bits per heavy atom. The molecule has 0 saturated heterocycles. The number of esters is 1. The number of nitrogens with zero attached hydrogens (tertiary/aromatic N) is 1. The van der Waals surface area contributed by atoms with Crippen LogP contribution in [0.3, 0.4) is 0 Å². The molecule has 0 saturated carbocycles. The molecule has 0 N–H and O–H groups in total. The molecule has 0 atom stereocenters. The van der Waals surface area contributed by atoms with E-state index in [0.29, 0.717) is 25.0 Å². The molecular weight excluding hydrogens is 250 g/mol. The van der Waals surface area contributed by atoms with Crippen molar-refractivity contribution in [2.45, 2.75) is 52.9 Å². The third-order valence-electron chi connectivity index (χ3n) is 3.42. The van der Waals surface area contributed by atoms with Gasteiger partial charge in [0.2, 0.25) is 0 Å². The summed E-state index contributed by atoms with van der Waals surface area (Å²) < 4.78 is 5.17. The molecule has 3 nitrogen and oxygen atoms in total. The van der Waals surface area contributed by atoms with Crippen LogP contribution in [0.5, 0.6) is 0 Å². The van der Waals surface area contributed by atoms with Crippen molar-refractivity contribution in [2.75, 3.05) is 6.61 Å². The lowest BCUT2D eigenvalue weighted by atomic mass is 9.94. The summed E-state index contributed by atoms with van der Waals surface area (Å²) in [4.78, 5) is 11.7. The Morgan fingerprint density at radius 2 is 2.10 bits per heavy atom. The van der Waals surface area contributed by atoms with Crippen molar-refractivity contribution in [3.8, 4) is 6.07 Å². The molecule has 0 aliphatic heterocycles. The lowest BCUT2D eigenvalue weighted by Gasteiger charge is -2.12. The van der Waals surface area contributed by atoms with Gasteiger partial charge in [0.15, 0.2) is 0 Å². The fourth-order valence-corrected chi connectivity index (χ4v) is 2.26. The SMILES string of the molecule is CCCCOC(=O)CCc1c(C)cc(C#N)cc1CC. The maximum absolute atomic E-state index is 11.7. The molecule has 0 spiro atoms. The van der Waals surface area contributed by atoms with Gasteiger partial charge in [0.05, 0.1) is 18.2 Å². The Kier molecular flexibility index (Phi) is 6.79. The molecule has 108 valence electrons. The number of rotatable bonds is 7. The van der Waals surface area contributed by atoms with Gasteiger partial charge in [-0.15, -0.1) is 0 Å². The van der Waals surface area contributed by atoms with Crippen molar-refractivity contribution in [1.29, 1.82) is 5.26 Å². The number of benzene rings is 1. The molecule has 0 heterocycles. The third kappa shape index (κ3) is 4.70. The Hall–Kier alpha value is -1.82. The van der Waals surface area contributed by atoms with Gasteiger partial charge >= 0.3 is 5.97 Å². The van der Waals surface area contributed by atoms with Crippen LogP contribution in [0.25, 0.3) is 0 Å². The number of aryl methyl sites for hydroxylation is 2. The van der Waals surface area contributed by atoms with E-state index in [4.69, 9.17) is 10.00 Å². The average molecular weight is 273 g/mol. The normalized spacial score (nSPS) is 10.1. The lowest BCUT2D eigenvalue weighted by molar-refractivity contribution is -0.143. The van der Waals surface area contributed by atoms with E-state index in [0.717, 1.165) is 30.4 Å². The predicted octanol–water partition coefficient (Wildman–Crippen LogP) is 3.71. The van der Waals surface area contributed by atoms with Crippen molar-refractivity contribution in [3.05, 3.63) is 34.4 Å². The summed E-state index contributed by atoms with van der Waals surface area (Å²) in [6, 6.07) is 5.98. The van der Waals surface area contributed by atoms with Crippen molar-refractivity contribution < 1.29 is 9.53 Å². The van der Waals surface area contributed by atoms with Gasteiger partial charge in [-0.1, -0.05) is 20.3 Å². The number of ether oxygens (including phenoxy) is 1. The van der Waals surface area contributed by atoms with Gasteiger partial charge in [-0.3, -0.25) is 4.79 Å². The summed E-state index contributed by atoms with van der Waals surface area (Å²) in [7, 11) is 0. The van der Waals surface area contributed by atoms with Crippen LogP contribution in [0.2, 0.25) is 0 Å². The Balaban J connectivity index is 2.68. The van der Waals surface area contributed by atoms with Crippen LogP contribution >= 0.6 is 0 Å². The van der Waals surface area contributed by atoms with Gasteiger partial charge in [0.1, 0.15) is 0 Å². The molecule has 0 amide bonds. The average Bonchev–Trinajstić information content (AvgIpc) is 2.45. The molecule has 0 unspecified atom stereocenters. The van der Waals surface area contributed by atoms with Crippen LogP contribution in [-0.4, -0.2) is 12.6 Å². The fraction of sp³-hybridized carbons (Fsp3) is 0.529. The molecule has 1 aromatic rings. The first-order valence-corrected chi connectivity index (χ1v) is 7.30. The second kappa shape index (κ2) is 8.37. The zero-order chi connectivity index (χ0) is 15.0. The molecule has 0 radical (unpaired) electrons. The van der Waals surface area contributed by atoms with E-state index in [9.17, 15) is 4.79 Å². The summed E-state index contributed by atoms with van der Waals surface area (Å²) in [6.45, 7) is 6.65. The predicted molar refractivity (Wildman–Crippen MR) is 79.5 cm³/mol. The Morgan fingerprint density at radius 3 is 2.70 bits per heavy atom. The second-order valence-electron chi connectivity index (χ2n) is 4.97. The first-order valence-electron chi connectivity index (χ1n) is 7.30. The van der Waals surface area contributed by atoms with Crippen molar-refractivity contribution >= 4 is 5.97 Å². The van der Waals surface area contributed by atoms with E-state index < -0.39 is 0 Å². The Labute approximate surface area is 121 Å². The number of hydrogen-bond donors (Lipinski definition) is 0. The van der Waals surface area contributed by atoms with Crippen LogP contribution in [0.1, 0.15) is 55.4 Å². The largest absolute Gasteiger partial charge is 0.466 e. The van der Waals surface area contributed by atoms with Gasteiger partial charge in [0, 0.05) is 6.42 Å². The highest BCUT2D eigenvalue weighted by Gasteiger charge is 2.10. The van der Waals surface area contributed by atoms with E-state index in [2.05, 4.69) is 19.9 Å². The first kappa shape index (κ1) is 16.2. The number of nitriles is 1. The van der Waals surface area contributed by atoms with Gasteiger partial charge < -0.3 is 4.74 Å². The van der Waals surface area contributed by atoms with E-state index in [1.165, 1.54) is 5.56 Å². The molecule has 0 aliphatic carbocycles. The molecule has 3 heteroatoms. The standard InChI is InChI=1S/C17H23NO2/c1-4-6-9-20-17(19)8-7-16-13(3)10-14(12-18)11-15(16)5-2/h10-11H,4-9H2,1-3H3. The molecular formula is C17H23NO2. The minimum Gasteiger partial charge on any atom is -0.466 e. The summed E-state index contributed by atoms with van der Waals surface area (Å²) >= 11 is 0. The topological polar surface area (TPSA) is 50.1 Å². The molecule has 0 aromatic heterocycles. The highest BCUT2D eigenvalue weighted by Crippen LogP contribution is 2.19. The molecule has 0 bridgehead atoms. The van der Waals surface area contributed by atoms with E-state index in [1.54, 1.807) is 0 Å². The third-order valence-corrected chi connectivity index (χ3v) is 3.42.